The molecule has 0 atom stereocenters. The van der Waals surface area contributed by atoms with Gasteiger partial charge in [-0.15, -0.1) is 10.2 Å². The number of nitrogens with one attached hydrogen (secondary N) is 1. The Balaban J connectivity index is 1.44. The van der Waals surface area contributed by atoms with Crippen LogP contribution in [0.1, 0.15) is 17.3 Å². The number of nitrogens with zero attached hydrogens (tertiary/aromatic N) is 4. The highest BCUT2D eigenvalue weighted by Crippen LogP contribution is 2.35. The third-order valence-electron chi connectivity index (χ3n) is 4.35. The highest BCUT2D eigenvalue weighted by atomic mass is 19.4. The number of alkyl halides is 3. The average molecular weight is 361 g/mol. The van der Waals surface area contributed by atoms with E-state index in [2.05, 4.69) is 15.5 Å². The summed E-state index contributed by atoms with van der Waals surface area (Å²) >= 11 is 0. The van der Waals surface area contributed by atoms with Crippen LogP contribution in [-0.2, 0) is 6.18 Å². The van der Waals surface area contributed by atoms with E-state index in [1.54, 1.807) is 0 Å². The number of para-hydroxylation sites is 1. The van der Waals surface area contributed by atoms with E-state index in [1.807, 2.05) is 28.8 Å². The van der Waals surface area contributed by atoms with E-state index in [1.165, 1.54) is 23.1 Å². The van der Waals surface area contributed by atoms with Gasteiger partial charge >= 0.3 is 12.2 Å². The third-order valence-corrected chi connectivity index (χ3v) is 4.35. The summed E-state index contributed by atoms with van der Waals surface area (Å²) in [7, 11) is 0. The number of fused-ring (bicyclic) bond motifs is 1. The van der Waals surface area contributed by atoms with Crippen LogP contribution in [0, 0.1) is 0 Å². The third kappa shape index (κ3) is 2.85. The summed E-state index contributed by atoms with van der Waals surface area (Å²) in [6, 6.07) is 9.89. The zero-order valence-electron chi connectivity index (χ0n) is 13.4. The topological polar surface area (TPSA) is 62.5 Å². The summed E-state index contributed by atoms with van der Waals surface area (Å²) < 4.78 is 40.9. The highest BCUT2D eigenvalue weighted by Gasteiger charge is 2.37. The molecule has 1 fully saturated rings. The number of pyridine rings is 1. The maximum atomic E-state index is 13.0. The first kappa shape index (κ1) is 16.4. The molecule has 134 valence electrons. The molecule has 1 aromatic carbocycles. The number of carbonyl (C=O) groups excluding carboxylic acids is 1. The standard InChI is InChI=1S/C17H14F3N5O/c18-17(19,20)12-5-1-2-6-13(12)21-16(26)24-9-11(10-24)15-23-22-14-7-3-4-8-25(14)15/h1-8,11H,9-10H2,(H,21,26). The summed E-state index contributed by atoms with van der Waals surface area (Å²) in [5.74, 6) is 0.733. The van der Waals surface area contributed by atoms with Gasteiger partial charge in [0, 0.05) is 19.3 Å². The van der Waals surface area contributed by atoms with E-state index in [4.69, 9.17) is 0 Å². The van der Waals surface area contributed by atoms with Crippen molar-refractivity contribution in [2.45, 2.75) is 12.1 Å². The molecule has 26 heavy (non-hydrogen) atoms. The van der Waals surface area contributed by atoms with Crippen LogP contribution in [0.2, 0.25) is 0 Å². The molecule has 0 bridgehead atoms. The molecule has 0 aliphatic carbocycles. The summed E-state index contributed by atoms with van der Waals surface area (Å²) in [4.78, 5) is 13.7. The number of carbonyl (C=O) groups is 1. The van der Waals surface area contributed by atoms with Crippen molar-refractivity contribution in [1.82, 2.24) is 19.5 Å². The van der Waals surface area contributed by atoms with E-state index in [0.29, 0.717) is 18.7 Å². The first-order chi connectivity index (χ1) is 12.4. The van der Waals surface area contributed by atoms with Crippen molar-refractivity contribution < 1.29 is 18.0 Å². The minimum absolute atomic E-state index is 0.00369. The number of hydrogen-bond donors (Lipinski definition) is 1. The van der Waals surface area contributed by atoms with Gasteiger partial charge in [0.05, 0.1) is 17.2 Å². The van der Waals surface area contributed by atoms with Gasteiger partial charge in [-0.3, -0.25) is 4.40 Å². The van der Waals surface area contributed by atoms with Crippen LogP contribution in [0.3, 0.4) is 0 Å². The number of hydrogen-bond acceptors (Lipinski definition) is 3. The molecule has 2 aromatic heterocycles. The molecule has 1 aliphatic rings. The minimum Gasteiger partial charge on any atom is -0.323 e. The molecule has 0 unspecified atom stereocenters. The fourth-order valence-corrected chi connectivity index (χ4v) is 2.98. The van der Waals surface area contributed by atoms with Gasteiger partial charge in [0.15, 0.2) is 5.65 Å². The van der Waals surface area contributed by atoms with Crippen molar-refractivity contribution in [3.05, 3.63) is 60.0 Å². The van der Waals surface area contributed by atoms with Crippen molar-refractivity contribution in [1.29, 1.82) is 0 Å². The lowest BCUT2D eigenvalue weighted by molar-refractivity contribution is -0.136. The number of benzene rings is 1. The largest absolute Gasteiger partial charge is 0.418 e. The van der Waals surface area contributed by atoms with E-state index >= 15 is 0 Å². The Morgan fingerprint density at radius 2 is 1.81 bits per heavy atom. The maximum absolute atomic E-state index is 13.0. The number of anilines is 1. The molecule has 6 nitrogen and oxygen atoms in total. The number of urea groups is 1. The van der Waals surface area contributed by atoms with Crippen molar-refractivity contribution in [3.8, 4) is 0 Å². The molecule has 9 heteroatoms. The lowest BCUT2D eigenvalue weighted by atomic mass is 10.00. The first-order valence-electron chi connectivity index (χ1n) is 7.95. The van der Waals surface area contributed by atoms with Crippen LogP contribution >= 0.6 is 0 Å². The zero-order valence-corrected chi connectivity index (χ0v) is 13.4. The monoisotopic (exact) mass is 361 g/mol. The van der Waals surface area contributed by atoms with E-state index in [9.17, 15) is 18.0 Å². The van der Waals surface area contributed by atoms with Gasteiger partial charge in [-0.2, -0.15) is 13.2 Å². The fourth-order valence-electron chi connectivity index (χ4n) is 2.98. The molecule has 4 rings (SSSR count). The second kappa shape index (κ2) is 6.01. The zero-order chi connectivity index (χ0) is 18.3. The summed E-state index contributed by atoms with van der Waals surface area (Å²) in [6.45, 7) is 0.741. The fraction of sp³-hybridized carbons (Fsp3) is 0.235. The molecule has 0 radical (unpaired) electrons. The highest BCUT2D eigenvalue weighted by molar-refractivity contribution is 5.91. The molecule has 3 aromatic rings. The van der Waals surface area contributed by atoms with Crippen LogP contribution in [0.5, 0.6) is 0 Å². The SMILES string of the molecule is O=C(Nc1ccccc1C(F)(F)F)N1CC(c2nnc3ccccn23)C1. The van der Waals surface area contributed by atoms with Crippen LogP contribution < -0.4 is 5.32 Å². The molecule has 0 saturated carbocycles. The van der Waals surface area contributed by atoms with Crippen molar-refractivity contribution in [3.63, 3.8) is 0 Å². The van der Waals surface area contributed by atoms with Gasteiger partial charge in [-0.1, -0.05) is 18.2 Å². The first-order valence-corrected chi connectivity index (χ1v) is 7.95. The summed E-state index contributed by atoms with van der Waals surface area (Å²) in [6.07, 6.45) is -2.69. The van der Waals surface area contributed by atoms with E-state index in [0.717, 1.165) is 11.9 Å². The van der Waals surface area contributed by atoms with Crippen LogP contribution in [0.25, 0.3) is 5.65 Å². The Morgan fingerprint density at radius 1 is 1.08 bits per heavy atom. The quantitative estimate of drug-likeness (QED) is 0.761. The van der Waals surface area contributed by atoms with E-state index < -0.39 is 17.8 Å². The van der Waals surface area contributed by atoms with Gasteiger partial charge in [-0.25, -0.2) is 4.79 Å². The molecule has 3 heterocycles. The van der Waals surface area contributed by atoms with Gasteiger partial charge in [0.1, 0.15) is 5.82 Å². The van der Waals surface area contributed by atoms with E-state index in [-0.39, 0.29) is 11.6 Å². The Labute approximate surface area is 146 Å². The Bertz CT molecular complexity index is 962. The molecule has 0 spiro atoms. The molecular weight excluding hydrogens is 347 g/mol. The molecular formula is C17H14F3N5O. The van der Waals surface area contributed by atoms with Crippen LogP contribution in [0.4, 0.5) is 23.7 Å². The molecule has 1 N–H and O–H groups in total. The van der Waals surface area contributed by atoms with Crippen molar-refractivity contribution >= 4 is 17.4 Å². The summed E-state index contributed by atoms with van der Waals surface area (Å²) in [5.41, 5.74) is -0.403. The molecule has 1 saturated heterocycles. The number of likely N-dealkylation sites (tertiary alicyclic amines) is 1. The van der Waals surface area contributed by atoms with Crippen molar-refractivity contribution in [2.75, 3.05) is 18.4 Å². The Kier molecular flexibility index (Phi) is 3.78. The number of aromatic nitrogens is 3. The second-order valence-electron chi connectivity index (χ2n) is 6.06. The lowest BCUT2D eigenvalue weighted by Crippen LogP contribution is -2.50. The van der Waals surface area contributed by atoms with Crippen LogP contribution in [-0.4, -0.2) is 38.6 Å². The van der Waals surface area contributed by atoms with Gasteiger partial charge in [0.2, 0.25) is 0 Å². The van der Waals surface area contributed by atoms with Gasteiger partial charge < -0.3 is 10.2 Å². The van der Waals surface area contributed by atoms with Gasteiger partial charge in [-0.05, 0) is 24.3 Å². The smallest absolute Gasteiger partial charge is 0.323 e. The summed E-state index contributed by atoms with van der Waals surface area (Å²) in [5, 5.41) is 10.6. The number of halogens is 3. The van der Waals surface area contributed by atoms with Crippen LogP contribution in [0.15, 0.2) is 48.7 Å². The molecule has 1 aliphatic heterocycles. The predicted octanol–water partition coefficient (Wildman–Crippen LogP) is 3.38. The Hall–Kier alpha value is -3.10. The minimum atomic E-state index is -4.53. The lowest BCUT2D eigenvalue weighted by Gasteiger charge is -2.38. The second-order valence-corrected chi connectivity index (χ2v) is 6.06. The Morgan fingerprint density at radius 3 is 2.58 bits per heavy atom. The normalized spacial score (nSPS) is 15.1. The van der Waals surface area contributed by atoms with Crippen molar-refractivity contribution in [2.24, 2.45) is 0 Å². The van der Waals surface area contributed by atoms with Gasteiger partial charge in [0.25, 0.3) is 0 Å². The number of rotatable bonds is 2. The predicted molar refractivity (Wildman–Crippen MR) is 87.8 cm³/mol. The molecule has 2 amide bonds. The average Bonchev–Trinajstić information content (AvgIpc) is 2.97. The number of amides is 2. The maximum Gasteiger partial charge on any atom is 0.418 e.